The smallest absolute Gasteiger partial charge is 0.227 e. The van der Waals surface area contributed by atoms with Gasteiger partial charge in [0.2, 0.25) is 12.4 Å². The van der Waals surface area contributed by atoms with Gasteiger partial charge in [-0.3, -0.25) is 4.79 Å². The minimum atomic E-state index is 0.0894. The van der Waals surface area contributed by atoms with Gasteiger partial charge in [-0.2, -0.15) is 4.98 Å². The standard InChI is InChI=1S/C15H23N5O2/c21-10-5-16-14-12-3-1-2-4-13(12)17-15(18-14)20-8-6-19(11-22)7-9-20/h11,21H,1-10H2,(H,16,17,18). The molecule has 2 aliphatic rings. The molecular weight excluding hydrogens is 282 g/mol. The number of carbonyl (C=O) groups excluding carboxylic acids is 1. The Hall–Kier alpha value is -1.89. The molecule has 120 valence electrons. The number of rotatable bonds is 5. The van der Waals surface area contributed by atoms with Crippen LogP contribution < -0.4 is 10.2 Å². The molecule has 7 heteroatoms. The molecule has 1 aromatic heterocycles. The summed E-state index contributed by atoms with van der Waals surface area (Å²) >= 11 is 0. The fourth-order valence-corrected chi connectivity index (χ4v) is 3.07. The van der Waals surface area contributed by atoms with Crippen LogP contribution in [0.1, 0.15) is 24.1 Å². The number of aliphatic hydroxyl groups is 1. The van der Waals surface area contributed by atoms with E-state index in [1.54, 1.807) is 4.90 Å². The van der Waals surface area contributed by atoms with Gasteiger partial charge in [0.25, 0.3) is 0 Å². The Morgan fingerprint density at radius 2 is 1.91 bits per heavy atom. The molecule has 0 unspecified atom stereocenters. The summed E-state index contributed by atoms with van der Waals surface area (Å²) in [7, 11) is 0. The van der Waals surface area contributed by atoms with Gasteiger partial charge in [0.1, 0.15) is 5.82 Å². The van der Waals surface area contributed by atoms with Gasteiger partial charge in [-0.1, -0.05) is 0 Å². The Balaban J connectivity index is 1.83. The predicted molar refractivity (Wildman–Crippen MR) is 84.1 cm³/mol. The third-order valence-corrected chi connectivity index (χ3v) is 4.32. The van der Waals surface area contributed by atoms with E-state index < -0.39 is 0 Å². The maximum absolute atomic E-state index is 10.8. The van der Waals surface area contributed by atoms with Gasteiger partial charge in [0.05, 0.1) is 12.3 Å². The summed E-state index contributed by atoms with van der Waals surface area (Å²) in [5.74, 6) is 1.61. The molecule has 1 saturated heterocycles. The topological polar surface area (TPSA) is 81.6 Å². The zero-order valence-corrected chi connectivity index (χ0v) is 12.8. The molecule has 1 fully saturated rings. The van der Waals surface area contributed by atoms with Crippen molar-refractivity contribution in [3.05, 3.63) is 11.3 Å². The first kappa shape index (κ1) is 15.0. The van der Waals surface area contributed by atoms with Crippen molar-refractivity contribution in [3.8, 4) is 0 Å². The van der Waals surface area contributed by atoms with Crippen LogP contribution in [0, 0.1) is 0 Å². The monoisotopic (exact) mass is 305 g/mol. The van der Waals surface area contributed by atoms with E-state index in [1.807, 2.05) is 0 Å². The molecule has 0 spiro atoms. The summed E-state index contributed by atoms with van der Waals surface area (Å²) in [6.45, 7) is 3.54. The zero-order valence-electron chi connectivity index (χ0n) is 12.8. The predicted octanol–water partition coefficient (Wildman–Crippen LogP) is 0.0380. The highest BCUT2D eigenvalue weighted by molar-refractivity contribution is 5.53. The van der Waals surface area contributed by atoms with Crippen LogP contribution in [0.2, 0.25) is 0 Å². The van der Waals surface area contributed by atoms with E-state index >= 15 is 0 Å². The van der Waals surface area contributed by atoms with Gasteiger partial charge < -0.3 is 20.2 Å². The van der Waals surface area contributed by atoms with E-state index in [-0.39, 0.29) is 6.61 Å². The average molecular weight is 305 g/mol. The first-order valence-electron chi connectivity index (χ1n) is 8.00. The largest absolute Gasteiger partial charge is 0.395 e. The van der Waals surface area contributed by atoms with Crippen molar-refractivity contribution in [3.63, 3.8) is 0 Å². The number of nitrogens with zero attached hydrogens (tertiary/aromatic N) is 4. The SMILES string of the molecule is O=CN1CCN(c2nc3c(c(NCCO)n2)CCCC3)CC1. The molecule has 0 radical (unpaired) electrons. The Labute approximate surface area is 130 Å². The summed E-state index contributed by atoms with van der Waals surface area (Å²) in [6, 6.07) is 0. The number of aryl methyl sites for hydroxylation is 1. The normalized spacial score (nSPS) is 18.0. The Morgan fingerprint density at radius 3 is 2.64 bits per heavy atom. The van der Waals surface area contributed by atoms with E-state index in [2.05, 4.69) is 15.2 Å². The lowest BCUT2D eigenvalue weighted by Gasteiger charge is -2.33. The third kappa shape index (κ3) is 3.14. The third-order valence-electron chi connectivity index (χ3n) is 4.32. The molecule has 2 N–H and O–H groups in total. The fraction of sp³-hybridized carbons (Fsp3) is 0.667. The highest BCUT2D eigenvalue weighted by atomic mass is 16.3. The molecule has 1 aliphatic heterocycles. The van der Waals surface area contributed by atoms with Gasteiger partial charge in [-0.15, -0.1) is 0 Å². The lowest BCUT2D eigenvalue weighted by molar-refractivity contribution is -0.118. The van der Waals surface area contributed by atoms with E-state index in [0.717, 1.165) is 49.8 Å². The van der Waals surface area contributed by atoms with Gasteiger partial charge in [-0.05, 0) is 25.7 Å². The molecule has 7 nitrogen and oxygen atoms in total. The minimum absolute atomic E-state index is 0.0894. The molecule has 0 atom stereocenters. The van der Waals surface area contributed by atoms with Crippen molar-refractivity contribution >= 4 is 18.2 Å². The molecule has 1 amide bonds. The highest BCUT2D eigenvalue weighted by Crippen LogP contribution is 2.27. The number of piperazine rings is 1. The van der Waals surface area contributed by atoms with Gasteiger partial charge in [-0.25, -0.2) is 4.98 Å². The van der Waals surface area contributed by atoms with Crippen LogP contribution in [-0.4, -0.2) is 65.7 Å². The number of carbonyl (C=O) groups is 1. The number of aromatic nitrogens is 2. The minimum Gasteiger partial charge on any atom is -0.395 e. The van der Waals surface area contributed by atoms with Gasteiger partial charge >= 0.3 is 0 Å². The number of fused-ring (bicyclic) bond motifs is 1. The summed E-state index contributed by atoms with van der Waals surface area (Å²) in [6.07, 6.45) is 5.23. The number of hydrogen-bond acceptors (Lipinski definition) is 6. The maximum atomic E-state index is 10.8. The van der Waals surface area contributed by atoms with Crippen molar-refractivity contribution in [1.82, 2.24) is 14.9 Å². The van der Waals surface area contributed by atoms with Crippen LogP contribution in [0.4, 0.5) is 11.8 Å². The van der Waals surface area contributed by atoms with Crippen LogP contribution in [0.25, 0.3) is 0 Å². The number of nitrogens with one attached hydrogen (secondary N) is 1. The average Bonchev–Trinajstić information content (AvgIpc) is 2.59. The molecular formula is C15H23N5O2. The van der Waals surface area contributed by atoms with Crippen LogP contribution >= 0.6 is 0 Å². The number of amides is 1. The van der Waals surface area contributed by atoms with E-state index in [1.165, 1.54) is 18.4 Å². The molecule has 3 rings (SSSR count). The van der Waals surface area contributed by atoms with Crippen molar-refractivity contribution in [1.29, 1.82) is 0 Å². The molecule has 0 saturated carbocycles. The second-order valence-corrected chi connectivity index (χ2v) is 5.78. The Kier molecular flexibility index (Phi) is 4.72. The van der Waals surface area contributed by atoms with Crippen LogP contribution in [0.3, 0.4) is 0 Å². The maximum Gasteiger partial charge on any atom is 0.227 e. The number of hydrogen-bond donors (Lipinski definition) is 2. The number of aliphatic hydroxyl groups excluding tert-OH is 1. The summed E-state index contributed by atoms with van der Waals surface area (Å²) in [5.41, 5.74) is 2.34. The van der Waals surface area contributed by atoms with Crippen molar-refractivity contribution in [2.24, 2.45) is 0 Å². The van der Waals surface area contributed by atoms with E-state index in [0.29, 0.717) is 19.6 Å². The van der Waals surface area contributed by atoms with Crippen molar-refractivity contribution in [2.45, 2.75) is 25.7 Å². The molecule has 22 heavy (non-hydrogen) atoms. The van der Waals surface area contributed by atoms with Crippen molar-refractivity contribution in [2.75, 3.05) is 49.5 Å². The summed E-state index contributed by atoms with van der Waals surface area (Å²) in [5, 5.41) is 12.3. The molecule has 1 aromatic rings. The van der Waals surface area contributed by atoms with Crippen LogP contribution in [0.5, 0.6) is 0 Å². The molecule has 0 aromatic carbocycles. The summed E-state index contributed by atoms with van der Waals surface area (Å²) in [4.78, 5) is 24.2. The molecule has 0 bridgehead atoms. The van der Waals surface area contributed by atoms with Gasteiger partial charge in [0, 0.05) is 38.3 Å². The second kappa shape index (κ2) is 6.91. The van der Waals surface area contributed by atoms with E-state index in [9.17, 15) is 4.79 Å². The Morgan fingerprint density at radius 1 is 1.14 bits per heavy atom. The van der Waals surface area contributed by atoms with Crippen molar-refractivity contribution < 1.29 is 9.90 Å². The lowest BCUT2D eigenvalue weighted by Crippen LogP contribution is -2.46. The first-order chi connectivity index (χ1) is 10.8. The Bertz CT molecular complexity index is 529. The van der Waals surface area contributed by atoms with Gasteiger partial charge in [0.15, 0.2) is 0 Å². The molecule has 2 heterocycles. The van der Waals surface area contributed by atoms with E-state index in [4.69, 9.17) is 10.1 Å². The van der Waals surface area contributed by atoms with Crippen LogP contribution in [0.15, 0.2) is 0 Å². The number of anilines is 2. The highest BCUT2D eigenvalue weighted by Gasteiger charge is 2.22. The molecule has 1 aliphatic carbocycles. The first-order valence-corrected chi connectivity index (χ1v) is 8.00. The quantitative estimate of drug-likeness (QED) is 0.748. The summed E-state index contributed by atoms with van der Waals surface area (Å²) < 4.78 is 0. The second-order valence-electron chi connectivity index (χ2n) is 5.78. The van der Waals surface area contributed by atoms with Crippen LogP contribution in [-0.2, 0) is 17.6 Å². The zero-order chi connectivity index (χ0) is 15.4. The lowest BCUT2D eigenvalue weighted by atomic mass is 9.96. The fourth-order valence-electron chi connectivity index (χ4n) is 3.07.